The molecule has 0 aromatic heterocycles. The van der Waals surface area contributed by atoms with Crippen molar-refractivity contribution in [2.45, 2.75) is 6.10 Å². The molecule has 1 aliphatic heterocycles. The normalized spacial score (nSPS) is 25.2. The maximum absolute atomic E-state index is 10.7. The molecule has 1 saturated heterocycles. The molecule has 64 valence electrons. The minimum absolute atomic E-state index is 0.0451. The Morgan fingerprint density at radius 1 is 1.73 bits per heavy atom. The third-order valence-corrected chi connectivity index (χ3v) is 1.71. The Kier molecular flexibility index (Phi) is 2.67. The van der Waals surface area contributed by atoms with Crippen molar-refractivity contribution in [1.29, 1.82) is 0 Å². The molecule has 4 N–H and O–H groups in total. The third-order valence-electron chi connectivity index (χ3n) is 1.71. The van der Waals surface area contributed by atoms with Crippen molar-refractivity contribution < 1.29 is 9.53 Å². The Bertz CT molecular complexity index is 151. The second-order valence-electron chi connectivity index (χ2n) is 2.51. The summed E-state index contributed by atoms with van der Waals surface area (Å²) >= 11 is 0. The van der Waals surface area contributed by atoms with Crippen molar-refractivity contribution >= 4 is 6.03 Å². The van der Waals surface area contributed by atoms with Crippen LogP contribution in [0.15, 0.2) is 0 Å². The van der Waals surface area contributed by atoms with Gasteiger partial charge in [0.25, 0.3) is 0 Å². The van der Waals surface area contributed by atoms with Gasteiger partial charge in [-0.05, 0) is 0 Å². The summed E-state index contributed by atoms with van der Waals surface area (Å²) in [4.78, 5) is 12.2. The van der Waals surface area contributed by atoms with Crippen LogP contribution in [0.4, 0.5) is 4.79 Å². The van der Waals surface area contributed by atoms with Gasteiger partial charge in [0.2, 0.25) is 0 Å². The Labute approximate surface area is 65.3 Å². The van der Waals surface area contributed by atoms with E-state index in [1.165, 1.54) is 0 Å². The number of hydrogen-bond donors (Lipinski definition) is 2. The molecule has 1 fully saturated rings. The van der Waals surface area contributed by atoms with Crippen LogP contribution in [-0.2, 0) is 4.74 Å². The summed E-state index contributed by atoms with van der Waals surface area (Å²) in [6, 6.07) is -0.397. The maximum atomic E-state index is 10.7. The summed E-state index contributed by atoms with van der Waals surface area (Å²) < 4.78 is 5.23. The predicted molar refractivity (Wildman–Crippen MR) is 40.0 cm³/mol. The number of nitrogens with zero attached hydrogens (tertiary/aromatic N) is 1. The van der Waals surface area contributed by atoms with Gasteiger partial charge in [-0.25, -0.2) is 4.79 Å². The van der Waals surface area contributed by atoms with Gasteiger partial charge in [-0.2, -0.15) is 0 Å². The number of morpholine rings is 1. The molecule has 0 aliphatic carbocycles. The zero-order valence-electron chi connectivity index (χ0n) is 6.32. The SMILES string of the molecule is NCC1CN(C(N)=O)CCO1. The molecule has 0 aromatic carbocycles. The van der Waals surface area contributed by atoms with E-state index in [9.17, 15) is 4.79 Å². The summed E-state index contributed by atoms with van der Waals surface area (Å²) in [5.41, 5.74) is 10.4. The van der Waals surface area contributed by atoms with Crippen LogP contribution >= 0.6 is 0 Å². The lowest BCUT2D eigenvalue weighted by atomic mass is 10.3. The molecule has 5 nitrogen and oxygen atoms in total. The van der Waals surface area contributed by atoms with Gasteiger partial charge < -0.3 is 21.1 Å². The molecular weight excluding hydrogens is 146 g/mol. The van der Waals surface area contributed by atoms with Crippen molar-refractivity contribution in [3.63, 3.8) is 0 Å². The summed E-state index contributed by atoms with van der Waals surface area (Å²) in [6.45, 7) is 2.06. The highest BCUT2D eigenvalue weighted by Gasteiger charge is 2.20. The lowest BCUT2D eigenvalue weighted by molar-refractivity contribution is -0.00727. The number of amides is 2. The van der Waals surface area contributed by atoms with Crippen molar-refractivity contribution in [1.82, 2.24) is 4.90 Å². The monoisotopic (exact) mass is 159 g/mol. The van der Waals surface area contributed by atoms with Crippen LogP contribution in [0, 0.1) is 0 Å². The molecule has 5 heteroatoms. The van der Waals surface area contributed by atoms with E-state index in [1.807, 2.05) is 0 Å². The fourth-order valence-corrected chi connectivity index (χ4v) is 1.06. The molecule has 1 rings (SSSR count). The number of nitrogens with two attached hydrogens (primary N) is 2. The molecular formula is C6H13N3O2. The first-order valence-corrected chi connectivity index (χ1v) is 3.60. The molecule has 2 amide bonds. The number of ether oxygens (including phenoxy) is 1. The summed E-state index contributed by atoms with van der Waals surface area (Å²) in [5.74, 6) is 0. The molecule has 0 aromatic rings. The number of carbonyl (C=O) groups excluding carboxylic acids is 1. The quantitative estimate of drug-likeness (QED) is 0.500. The summed E-state index contributed by atoms with van der Waals surface area (Å²) in [5, 5.41) is 0. The highest BCUT2D eigenvalue weighted by Crippen LogP contribution is 2.02. The Morgan fingerprint density at radius 3 is 3.00 bits per heavy atom. The smallest absolute Gasteiger partial charge is 0.314 e. The number of carbonyl (C=O) groups is 1. The van der Waals surface area contributed by atoms with Crippen LogP contribution in [0.5, 0.6) is 0 Å². The van der Waals surface area contributed by atoms with Crippen LogP contribution in [0.1, 0.15) is 0 Å². The standard InChI is InChI=1S/C6H13N3O2/c7-3-5-4-9(6(8)10)1-2-11-5/h5H,1-4,7H2,(H2,8,10). The Hall–Kier alpha value is -0.810. The van der Waals surface area contributed by atoms with Crippen LogP contribution in [0.2, 0.25) is 0 Å². The van der Waals surface area contributed by atoms with Crippen LogP contribution in [0.3, 0.4) is 0 Å². The molecule has 0 bridgehead atoms. The van der Waals surface area contributed by atoms with E-state index >= 15 is 0 Å². The first kappa shape index (κ1) is 8.29. The maximum Gasteiger partial charge on any atom is 0.314 e. The van der Waals surface area contributed by atoms with Crippen LogP contribution < -0.4 is 11.5 Å². The van der Waals surface area contributed by atoms with Gasteiger partial charge >= 0.3 is 6.03 Å². The fraction of sp³-hybridized carbons (Fsp3) is 0.833. The molecule has 0 radical (unpaired) electrons. The molecule has 1 atom stereocenters. The van der Waals surface area contributed by atoms with Gasteiger partial charge in [0.05, 0.1) is 12.7 Å². The van der Waals surface area contributed by atoms with E-state index < -0.39 is 6.03 Å². The predicted octanol–water partition coefficient (Wildman–Crippen LogP) is -1.28. The van der Waals surface area contributed by atoms with Crippen molar-refractivity contribution in [2.75, 3.05) is 26.2 Å². The molecule has 1 aliphatic rings. The Morgan fingerprint density at radius 2 is 2.45 bits per heavy atom. The summed E-state index contributed by atoms with van der Waals surface area (Å²) in [6.07, 6.45) is -0.0451. The van der Waals surface area contributed by atoms with E-state index in [0.29, 0.717) is 26.2 Å². The largest absolute Gasteiger partial charge is 0.373 e. The Balaban J connectivity index is 2.39. The molecule has 1 heterocycles. The van der Waals surface area contributed by atoms with E-state index in [4.69, 9.17) is 16.2 Å². The van der Waals surface area contributed by atoms with Gasteiger partial charge in [0, 0.05) is 19.6 Å². The minimum atomic E-state index is -0.397. The zero-order chi connectivity index (χ0) is 8.27. The molecule has 0 saturated carbocycles. The van der Waals surface area contributed by atoms with Crippen LogP contribution in [-0.4, -0.2) is 43.3 Å². The van der Waals surface area contributed by atoms with E-state index in [-0.39, 0.29) is 6.10 Å². The first-order chi connectivity index (χ1) is 5.24. The average molecular weight is 159 g/mol. The molecule has 11 heavy (non-hydrogen) atoms. The van der Waals surface area contributed by atoms with E-state index in [1.54, 1.807) is 4.90 Å². The fourth-order valence-electron chi connectivity index (χ4n) is 1.06. The van der Waals surface area contributed by atoms with Gasteiger partial charge in [0.1, 0.15) is 0 Å². The second kappa shape index (κ2) is 3.54. The lowest BCUT2D eigenvalue weighted by Crippen LogP contribution is -2.49. The lowest BCUT2D eigenvalue weighted by Gasteiger charge is -2.30. The van der Waals surface area contributed by atoms with Gasteiger partial charge in [-0.15, -0.1) is 0 Å². The minimum Gasteiger partial charge on any atom is -0.373 e. The summed E-state index contributed by atoms with van der Waals surface area (Å²) in [7, 11) is 0. The van der Waals surface area contributed by atoms with Crippen molar-refractivity contribution in [3.8, 4) is 0 Å². The zero-order valence-corrected chi connectivity index (χ0v) is 6.32. The number of primary amides is 1. The van der Waals surface area contributed by atoms with Gasteiger partial charge in [0.15, 0.2) is 0 Å². The van der Waals surface area contributed by atoms with Gasteiger partial charge in [-0.1, -0.05) is 0 Å². The average Bonchev–Trinajstić information content (AvgIpc) is 2.05. The van der Waals surface area contributed by atoms with Crippen molar-refractivity contribution in [2.24, 2.45) is 11.5 Å². The van der Waals surface area contributed by atoms with Crippen molar-refractivity contribution in [3.05, 3.63) is 0 Å². The first-order valence-electron chi connectivity index (χ1n) is 3.60. The second-order valence-corrected chi connectivity index (χ2v) is 2.51. The van der Waals surface area contributed by atoms with Gasteiger partial charge in [-0.3, -0.25) is 0 Å². The third kappa shape index (κ3) is 2.06. The topological polar surface area (TPSA) is 81.6 Å². The highest BCUT2D eigenvalue weighted by molar-refractivity contribution is 5.72. The molecule has 1 unspecified atom stereocenters. The van der Waals surface area contributed by atoms with E-state index in [0.717, 1.165) is 0 Å². The van der Waals surface area contributed by atoms with E-state index in [2.05, 4.69) is 0 Å². The number of hydrogen-bond acceptors (Lipinski definition) is 3. The highest BCUT2D eigenvalue weighted by atomic mass is 16.5. The number of rotatable bonds is 1. The van der Waals surface area contributed by atoms with Crippen LogP contribution in [0.25, 0.3) is 0 Å². The molecule has 0 spiro atoms. The number of urea groups is 1.